The van der Waals surface area contributed by atoms with E-state index < -0.39 is 0 Å². The Morgan fingerprint density at radius 3 is 1.33 bits per heavy atom. The van der Waals surface area contributed by atoms with Crippen LogP contribution in [0.3, 0.4) is 0 Å². The molecule has 0 bridgehead atoms. The van der Waals surface area contributed by atoms with Crippen molar-refractivity contribution >= 4 is 0 Å². The first-order valence-electron chi connectivity index (χ1n) is 9.67. The van der Waals surface area contributed by atoms with Crippen molar-refractivity contribution in [1.82, 2.24) is 0 Å². The van der Waals surface area contributed by atoms with E-state index in [4.69, 9.17) is 0 Å². The number of aromatic hydroxyl groups is 1. The number of hydrogen-bond donors (Lipinski definition) is 1. The number of para-hydroxylation sites is 1. The summed E-state index contributed by atoms with van der Waals surface area (Å²) in [5, 5.41) is 9.57. The quantitative estimate of drug-likeness (QED) is 0.588. The first-order valence-corrected chi connectivity index (χ1v) is 9.67. The fourth-order valence-electron chi connectivity index (χ4n) is 1.48. The van der Waals surface area contributed by atoms with Crippen LogP contribution in [0.15, 0.2) is 54.6 Å². The molecule has 2 aromatic carbocycles. The molecule has 0 unspecified atom stereocenters. The molecule has 1 heteroatoms. The Hall–Kier alpha value is -1.76. The van der Waals surface area contributed by atoms with Gasteiger partial charge in [0, 0.05) is 6.42 Å². The van der Waals surface area contributed by atoms with Crippen LogP contribution >= 0.6 is 0 Å². The van der Waals surface area contributed by atoms with Crippen LogP contribution in [0.4, 0.5) is 0 Å². The molecule has 0 aliphatic carbocycles. The van der Waals surface area contributed by atoms with Crippen molar-refractivity contribution < 1.29 is 5.11 Å². The Morgan fingerprint density at radius 2 is 0.917 bits per heavy atom. The molecule has 0 atom stereocenters. The average Bonchev–Trinajstić information content (AvgIpc) is 2.72. The van der Waals surface area contributed by atoms with Crippen LogP contribution in [-0.4, -0.2) is 5.11 Å². The van der Waals surface area contributed by atoms with E-state index in [0.29, 0.717) is 5.75 Å². The van der Waals surface area contributed by atoms with Gasteiger partial charge < -0.3 is 5.11 Å². The molecule has 0 saturated heterocycles. The number of hydrogen-bond acceptors (Lipinski definition) is 1. The third kappa shape index (κ3) is 16.6. The van der Waals surface area contributed by atoms with Gasteiger partial charge >= 0.3 is 0 Å². The topological polar surface area (TPSA) is 20.2 Å². The van der Waals surface area contributed by atoms with Crippen LogP contribution < -0.4 is 0 Å². The molecule has 0 fully saturated rings. The zero-order valence-corrected chi connectivity index (χ0v) is 17.9. The number of benzene rings is 2. The second kappa shape index (κ2) is 29.3. The Balaban J connectivity index is -0.000000173. The van der Waals surface area contributed by atoms with Crippen molar-refractivity contribution in [2.24, 2.45) is 0 Å². The number of phenolic OH excluding ortho intramolecular Hbond substituents is 1. The van der Waals surface area contributed by atoms with Gasteiger partial charge in [-0.25, -0.2) is 0 Å². The molecule has 1 nitrogen and oxygen atoms in total. The van der Waals surface area contributed by atoms with Gasteiger partial charge in [-0.2, -0.15) is 0 Å². The summed E-state index contributed by atoms with van der Waals surface area (Å²) in [6.45, 7) is 20.0. The Morgan fingerprint density at radius 1 is 0.542 bits per heavy atom. The molecule has 24 heavy (non-hydrogen) atoms. The Labute approximate surface area is 152 Å². The van der Waals surface area contributed by atoms with Gasteiger partial charge in [-0.15, -0.1) is 0 Å². The molecule has 0 aliphatic heterocycles. The highest BCUT2D eigenvalue weighted by Gasteiger charge is 1.99. The van der Waals surface area contributed by atoms with Gasteiger partial charge in [-0.05, 0) is 17.2 Å². The summed E-state index contributed by atoms with van der Waals surface area (Å²) in [4.78, 5) is 0. The molecule has 2 aromatic rings. The molecule has 2 rings (SSSR count). The van der Waals surface area contributed by atoms with Crippen LogP contribution in [-0.2, 0) is 6.42 Å². The minimum Gasteiger partial charge on any atom is -0.508 e. The molecule has 0 amide bonds. The maximum absolute atomic E-state index is 9.57. The second-order valence-electron chi connectivity index (χ2n) is 3.29. The predicted molar refractivity (Wildman–Crippen MR) is 114 cm³/mol. The molecule has 1 N–H and O–H groups in total. The van der Waals surface area contributed by atoms with E-state index in [0.717, 1.165) is 12.0 Å². The zero-order chi connectivity index (χ0) is 19.8. The lowest BCUT2D eigenvalue weighted by Crippen LogP contribution is -1.87. The fraction of sp³-hybridized carbons (Fsp3) is 0.478. The lowest BCUT2D eigenvalue weighted by molar-refractivity contribution is 0.469. The Bertz CT molecular complexity index is 407. The highest BCUT2D eigenvalue weighted by molar-refractivity contribution is 5.36. The monoisotopic (exact) mass is 334 g/mol. The normalized spacial score (nSPS) is 7.08. The summed E-state index contributed by atoms with van der Waals surface area (Å²) in [7, 11) is 0. The van der Waals surface area contributed by atoms with E-state index in [2.05, 4.69) is 12.1 Å². The summed E-state index contributed by atoms with van der Waals surface area (Å²) >= 11 is 0. The van der Waals surface area contributed by atoms with E-state index in [1.165, 1.54) is 5.56 Å². The minimum absolute atomic E-state index is 0.372. The molecule has 0 spiro atoms. The molecule has 0 saturated carbocycles. The van der Waals surface area contributed by atoms with Gasteiger partial charge in [-0.1, -0.05) is 118 Å². The largest absolute Gasteiger partial charge is 0.508 e. The first kappa shape index (κ1) is 30.2. The van der Waals surface area contributed by atoms with Crippen LogP contribution in [0, 0.1) is 0 Å². The third-order valence-electron chi connectivity index (χ3n) is 2.23. The minimum atomic E-state index is 0.372. The number of rotatable bonds is 2. The van der Waals surface area contributed by atoms with Gasteiger partial charge in [-0.3, -0.25) is 0 Å². The van der Waals surface area contributed by atoms with Gasteiger partial charge in [0.2, 0.25) is 0 Å². The van der Waals surface area contributed by atoms with Crippen LogP contribution in [0.1, 0.15) is 80.4 Å². The molecular formula is C23H42O. The third-order valence-corrected chi connectivity index (χ3v) is 2.23. The molecule has 0 radical (unpaired) electrons. The average molecular weight is 335 g/mol. The molecular weight excluding hydrogens is 292 g/mol. The van der Waals surface area contributed by atoms with Crippen molar-refractivity contribution in [1.29, 1.82) is 0 Å². The van der Waals surface area contributed by atoms with E-state index in [1.54, 1.807) is 6.07 Å². The second-order valence-corrected chi connectivity index (χ2v) is 3.29. The molecule has 0 heterocycles. The van der Waals surface area contributed by atoms with Crippen molar-refractivity contribution in [3.63, 3.8) is 0 Å². The van der Waals surface area contributed by atoms with E-state index in [-0.39, 0.29) is 0 Å². The standard InChI is InChI=1S/C13H12O.5C2H6/c14-13-9-5-4-8-12(13)10-11-6-2-1-3-7-11;5*1-2/h1-9,14H,10H2;5*1-2H3. The lowest BCUT2D eigenvalue weighted by Gasteiger charge is -2.03. The summed E-state index contributed by atoms with van der Waals surface area (Å²) in [5.41, 5.74) is 2.19. The van der Waals surface area contributed by atoms with Crippen LogP contribution in [0.2, 0.25) is 0 Å². The predicted octanol–water partition coefficient (Wildman–Crippen LogP) is 8.11. The van der Waals surface area contributed by atoms with Crippen LogP contribution in [0.5, 0.6) is 5.75 Å². The molecule has 140 valence electrons. The summed E-state index contributed by atoms with van der Waals surface area (Å²) in [6.07, 6.45) is 0.785. The number of phenols is 1. The SMILES string of the molecule is CC.CC.CC.CC.CC.Oc1ccccc1Cc1ccccc1. The molecule has 0 aliphatic rings. The van der Waals surface area contributed by atoms with E-state index >= 15 is 0 Å². The first-order chi connectivity index (χ1) is 11.9. The molecule has 0 aromatic heterocycles. The van der Waals surface area contributed by atoms with Crippen LogP contribution in [0.25, 0.3) is 0 Å². The maximum Gasteiger partial charge on any atom is 0.119 e. The summed E-state index contributed by atoms with van der Waals surface area (Å²) in [6, 6.07) is 17.6. The summed E-state index contributed by atoms with van der Waals surface area (Å²) in [5.74, 6) is 0.372. The summed E-state index contributed by atoms with van der Waals surface area (Å²) < 4.78 is 0. The lowest BCUT2D eigenvalue weighted by atomic mass is 10.0. The van der Waals surface area contributed by atoms with Gasteiger partial charge in [0.1, 0.15) is 5.75 Å². The van der Waals surface area contributed by atoms with Crippen molar-refractivity contribution in [2.45, 2.75) is 75.7 Å². The van der Waals surface area contributed by atoms with Crippen molar-refractivity contribution in [3.8, 4) is 5.75 Å². The fourth-order valence-corrected chi connectivity index (χ4v) is 1.48. The Kier molecular flexibility index (Phi) is 36.8. The van der Waals surface area contributed by atoms with Gasteiger partial charge in [0.05, 0.1) is 0 Å². The zero-order valence-electron chi connectivity index (χ0n) is 17.9. The van der Waals surface area contributed by atoms with E-state index in [1.807, 2.05) is 106 Å². The van der Waals surface area contributed by atoms with Crippen molar-refractivity contribution in [2.75, 3.05) is 0 Å². The van der Waals surface area contributed by atoms with Gasteiger partial charge in [0.15, 0.2) is 0 Å². The highest BCUT2D eigenvalue weighted by atomic mass is 16.3. The highest BCUT2D eigenvalue weighted by Crippen LogP contribution is 2.19. The van der Waals surface area contributed by atoms with E-state index in [9.17, 15) is 5.11 Å². The maximum atomic E-state index is 9.57. The van der Waals surface area contributed by atoms with Crippen molar-refractivity contribution in [3.05, 3.63) is 65.7 Å². The van der Waals surface area contributed by atoms with Gasteiger partial charge in [0.25, 0.3) is 0 Å². The smallest absolute Gasteiger partial charge is 0.119 e.